The lowest BCUT2D eigenvalue weighted by atomic mass is 10.1. The summed E-state index contributed by atoms with van der Waals surface area (Å²) in [5.74, 6) is -1.02. The number of aliphatic carboxylic acids is 1. The van der Waals surface area contributed by atoms with Gasteiger partial charge in [0.2, 0.25) is 0 Å². The van der Waals surface area contributed by atoms with Crippen LogP contribution in [0.15, 0.2) is 12.1 Å². The molecule has 0 aliphatic rings. The van der Waals surface area contributed by atoms with Gasteiger partial charge in [0.05, 0.1) is 0 Å². The van der Waals surface area contributed by atoms with Crippen LogP contribution in [0.3, 0.4) is 0 Å². The second-order valence-corrected chi connectivity index (χ2v) is 4.91. The van der Waals surface area contributed by atoms with Gasteiger partial charge in [-0.25, -0.2) is 4.98 Å². The van der Waals surface area contributed by atoms with Crippen LogP contribution in [0.4, 0.5) is 0 Å². The number of halogens is 1. The second kappa shape index (κ2) is 8.53. The van der Waals surface area contributed by atoms with Crippen molar-refractivity contribution in [3.63, 3.8) is 0 Å². The van der Waals surface area contributed by atoms with Crippen LogP contribution in [0.1, 0.15) is 48.7 Å². The molecule has 0 aliphatic heterocycles. The van der Waals surface area contributed by atoms with Crippen molar-refractivity contribution in [2.24, 2.45) is 0 Å². The molecule has 0 atom stereocenters. The van der Waals surface area contributed by atoms with E-state index in [0.717, 1.165) is 18.5 Å². The van der Waals surface area contributed by atoms with Gasteiger partial charge in [0.25, 0.3) is 5.91 Å². The molecular formula is C14H19ClN2O3. The SMILES string of the molecule is CCCc1cc(C(=O)NCCCCC(=O)O)cc(Cl)n1. The van der Waals surface area contributed by atoms with Crippen LogP contribution in [0.2, 0.25) is 5.15 Å². The Bertz CT molecular complexity index is 477. The summed E-state index contributed by atoms with van der Waals surface area (Å²) in [5.41, 5.74) is 1.29. The summed E-state index contributed by atoms with van der Waals surface area (Å²) in [5, 5.41) is 11.6. The molecule has 0 radical (unpaired) electrons. The first kappa shape index (κ1) is 16.4. The van der Waals surface area contributed by atoms with Crippen LogP contribution in [0, 0.1) is 0 Å². The Morgan fingerprint density at radius 2 is 2.10 bits per heavy atom. The number of aromatic nitrogens is 1. The average molecular weight is 299 g/mol. The van der Waals surface area contributed by atoms with Crippen LogP contribution >= 0.6 is 11.6 Å². The van der Waals surface area contributed by atoms with Crippen LogP contribution in [-0.4, -0.2) is 28.5 Å². The quantitative estimate of drug-likeness (QED) is 0.571. The number of carboxylic acids is 1. The third-order valence-electron chi connectivity index (χ3n) is 2.72. The van der Waals surface area contributed by atoms with Gasteiger partial charge in [0.1, 0.15) is 5.15 Å². The third kappa shape index (κ3) is 6.02. The number of carbonyl (C=O) groups is 2. The molecule has 0 aromatic carbocycles. The molecule has 5 nitrogen and oxygen atoms in total. The van der Waals surface area contributed by atoms with Crippen molar-refractivity contribution in [1.29, 1.82) is 0 Å². The summed E-state index contributed by atoms with van der Waals surface area (Å²) in [6.07, 6.45) is 3.02. The predicted molar refractivity (Wildman–Crippen MR) is 77.1 cm³/mol. The zero-order valence-corrected chi connectivity index (χ0v) is 12.2. The number of carbonyl (C=O) groups excluding carboxylic acids is 1. The van der Waals surface area contributed by atoms with Gasteiger partial charge in [-0.3, -0.25) is 9.59 Å². The molecule has 0 saturated carbocycles. The van der Waals surface area contributed by atoms with Crippen molar-refractivity contribution in [1.82, 2.24) is 10.3 Å². The van der Waals surface area contributed by atoms with E-state index in [-0.39, 0.29) is 12.3 Å². The lowest BCUT2D eigenvalue weighted by Gasteiger charge is -2.07. The van der Waals surface area contributed by atoms with Gasteiger partial charge in [-0.15, -0.1) is 0 Å². The molecule has 0 bridgehead atoms. The Labute approximate surface area is 123 Å². The van der Waals surface area contributed by atoms with Gasteiger partial charge in [-0.1, -0.05) is 24.9 Å². The first-order valence-corrected chi connectivity index (χ1v) is 7.07. The molecule has 0 saturated heterocycles. The molecule has 1 rings (SSSR count). The molecule has 1 aromatic heterocycles. The first-order chi connectivity index (χ1) is 9.52. The van der Waals surface area contributed by atoms with Crippen molar-refractivity contribution >= 4 is 23.5 Å². The highest BCUT2D eigenvalue weighted by Gasteiger charge is 2.08. The van der Waals surface area contributed by atoms with Crippen LogP contribution in [-0.2, 0) is 11.2 Å². The lowest BCUT2D eigenvalue weighted by molar-refractivity contribution is -0.137. The van der Waals surface area contributed by atoms with E-state index in [4.69, 9.17) is 16.7 Å². The smallest absolute Gasteiger partial charge is 0.303 e. The number of rotatable bonds is 8. The highest BCUT2D eigenvalue weighted by Crippen LogP contribution is 2.12. The van der Waals surface area contributed by atoms with Crippen LogP contribution in [0.25, 0.3) is 0 Å². The van der Waals surface area contributed by atoms with E-state index in [2.05, 4.69) is 10.3 Å². The van der Waals surface area contributed by atoms with E-state index >= 15 is 0 Å². The number of hydrogen-bond donors (Lipinski definition) is 2. The minimum absolute atomic E-state index is 0.123. The number of nitrogens with zero attached hydrogens (tertiary/aromatic N) is 1. The van der Waals surface area contributed by atoms with Gasteiger partial charge in [-0.05, 0) is 31.4 Å². The standard InChI is InChI=1S/C14H19ClN2O3/c1-2-5-11-8-10(9-12(15)17-11)14(20)16-7-4-3-6-13(18)19/h8-9H,2-7H2,1H3,(H,16,20)(H,18,19). The molecule has 0 spiro atoms. The minimum atomic E-state index is -0.818. The minimum Gasteiger partial charge on any atom is -0.481 e. The Morgan fingerprint density at radius 3 is 2.75 bits per heavy atom. The number of nitrogens with one attached hydrogen (secondary N) is 1. The molecule has 20 heavy (non-hydrogen) atoms. The van der Waals surface area contributed by atoms with E-state index in [0.29, 0.717) is 30.1 Å². The summed E-state index contributed by atoms with van der Waals surface area (Å²) in [4.78, 5) is 26.4. The number of carboxylic acid groups (broad SMARTS) is 1. The maximum Gasteiger partial charge on any atom is 0.303 e. The van der Waals surface area contributed by atoms with Gasteiger partial charge >= 0.3 is 5.97 Å². The number of unbranched alkanes of at least 4 members (excludes halogenated alkanes) is 1. The van der Waals surface area contributed by atoms with Gasteiger partial charge in [0.15, 0.2) is 0 Å². The molecule has 0 unspecified atom stereocenters. The van der Waals surface area contributed by atoms with Gasteiger partial charge in [-0.2, -0.15) is 0 Å². The highest BCUT2D eigenvalue weighted by molar-refractivity contribution is 6.29. The topological polar surface area (TPSA) is 79.3 Å². The largest absolute Gasteiger partial charge is 0.481 e. The van der Waals surface area contributed by atoms with E-state index in [9.17, 15) is 9.59 Å². The fourth-order valence-corrected chi connectivity index (χ4v) is 2.00. The van der Waals surface area contributed by atoms with E-state index in [1.807, 2.05) is 6.92 Å². The van der Waals surface area contributed by atoms with Crippen molar-refractivity contribution in [3.05, 3.63) is 28.5 Å². The predicted octanol–water partition coefficient (Wildman–Crippen LogP) is 2.67. The monoisotopic (exact) mass is 298 g/mol. The van der Waals surface area contributed by atoms with Gasteiger partial charge < -0.3 is 10.4 Å². The number of pyridine rings is 1. The fraction of sp³-hybridized carbons (Fsp3) is 0.500. The maximum absolute atomic E-state index is 11.9. The van der Waals surface area contributed by atoms with Crippen molar-refractivity contribution in [2.75, 3.05) is 6.54 Å². The van der Waals surface area contributed by atoms with Gasteiger partial charge in [0, 0.05) is 24.2 Å². The zero-order valence-electron chi connectivity index (χ0n) is 11.5. The van der Waals surface area contributed by atoms with E-state index in [1.54, 1.807) is 6.07 Å². The summed E-state index contributed by atoms with van der Waals surface area (Å²) in [7, 11) is 0. The first-order valence-electron chi connectivity index (χ1n) is 6.69. The number of amides is 1. The van der Waals surface area contributed by atoms with Crippen LogP contribution in [0.5, 0.6) is 0 Å². The Hall–Kier alpha value is -1.62. The highest BCUT2D eigenvalue weighted by atomic mass is 35.5. The molecule has 1 amide bonds. The summed E-state index contributed by atoms with van der Waals surface area (Å²) >= 11 is 5.89. The Kier molecular flexibility index (Phi) is 7.01. The van der Waals surface area contributed by atoms with Crippen molar-refractivity contribution in [2.45, 2.75) is 39.0 Å². The average Bonchev–Trinajstić information content (AvgIpc) is 2.37. The molecule has 110 valence electrons. The molecule has 2 N–H and O–H groups in total. The fourth-order valence-electron chi connectivity index (χ4n) is 1.77. The van der Waals surface area contributed by atoms with E-state index < -0.39 is 5.97 Å². The number of hydrogen-bond acceptors (Lipinski definition) is 3. The molecular weight excluding hydrogens is 280 g/mol. The normalized spacial score (nSPS) is 10.3. The number of aryl methyl sites for hydroxylation is 1. The zero-order chi connectivity index (χ0) is 15.0. The van der Waals surface area contributed by atoms with Crippen molar-refractivity contribution < 1.29 is 14.7 Å². The summed E-state index contributed by atoms with van der Waals surface area (Å²) < 4.78 is 0. The summed E-state index contributed by atoms with van der Waals surface area (Å²) in [6, 6.07) is 3.27. The third-order valence-corrected chi connectivity index (χ3v) is 2.91. The molecule has 0 fully saturated rings. The Balaban J connectivity index is 2.48. The van der Waals surface area contributed by atoms with E-state index in [1.165, 1.54) is 6.07 Å². The maximum atomic E-state index is 11.9. The van der Waals surface area contributed by atoms with Crippen molar-refractivity contribution in [3.8, 4) is 0 Å². The summed E-state index contributed by atoms with van der Waals surface area (Å²) in [6.45, 7) is 2.49. The van der Waals surface area contributed by atoms with Crippen LogP contribution < -0.4 is 5.32 Å². The molecule has 1 heterocycles. The molecule has 6 heteroatoms. The lowest BCUT2D eigenvalue weighted by Crippen LogP contribution is -2.24. The second-order valence-electron chi connectivity index (χ2n) is 4.53. The molecule has 0 aliphatic carbocycles. The Morgan fingerprint density at radius 1 is 1.35 bits per heavy atom. The molecule has 1 aromatic rings.